The minimum atomic E-state index is -0.360. The summed E-state index contributed by atoms with van der Waals surface area (Å²) in [6, 6.07) is 32.6. The largest absolute Gasteiger partial charge is 0.466 e. The molecule has 0 bridgehead atoms. The second kappa shape index (κ2) is 13.1. The lowest BCUT2D eigenvalue weighted by Crippen LogP contribution is -2.22. The average molecular weight is 526 g/mol. The zero-order valence-electron chi connectivity index (χ0n) is 21.1. The number of hydrogen-bond acceptors (Lipinski definition) is 4. The Morgan fingerprint density at radius 2 is 1.63 bits per heavy atom. The number of para-hydroxylation sites is 2. The molecule has 0 amide bonds. The average Bonchev–Trinajstić information content (AvgIpc) is 2.94. The number of methoxy groups -OCH3 is 1. The molecule has 0 heterocycles. The molecule has 2 N–H and O–H groups in total. The van der Waals surface area contributed by atoms with Crippen LogP contribution in [0.4, 0.5) is 11.4 Å². The van der Waals surface area contributed by atoms with Crippen LogP contribution < -0.4 is 15.4 Å². The predicted octanol–water partition coefficient (Wildman–Crippen LogP) is 7.79. The summed E-state index contributed by atoms with van der Waals surface area (Å²) in [4.78, 5) is 16.4. The third-order valence-corrected chi connectivity index (χ3v) is 5.72. The molecule has 0 saturated heterocycles. The fourth-order valence-electron chi connectivity index (χ4n) is 3.58. The van der Waals surface area contributed by atoms with Crippen LogP contribution >= 0.6 is 11.6 Å². The fraction of sp³-hybridized carbons (Fsp3) is 0.0968. The van der Waals surface area contributed by atoms with Gasteiger partial charge >= 0.3 is 5.97 Å². The van der Waals surface area contributed by atoms with Gasteiger partial charge in [-0.05, 0) is 66.6 Å². The van der Waals surface area contributed by atoms with Crippen molar-refractivity contribution in [1.82, 2.24) is 0 Å². The Labute approximate surface area is 227 Å². The van der Waals surface area contributed by atoms with Crippen molar-refractivity contribution in [3.8, 4) is 11.5 Å². The van der Waals surface area contributed by atoms with Crippen molar-refractivity contribution in [2.45, 2.75) is 13.5 Å². The van der Waals surface area contributed by atoms with Crippen molar-refractivity contribution < 1.29 is 14.3 Å². The van der Waals surface area contributed by atoms with Crippen molar-refractivity contribution in [1.29, 1.82) is 0 Å². The van der Waals surface area contributed by atoms with Gasteiger partial charge in [0, 0.05) is 16.3 Å². The van der Waals surface area contributed by atoms with E-state index >= 15 is 0 Å². The molecule has 0 aliphatic rings. The number of esters is 1. The van der Waals surface area contributed by atoms with Crippen molar-refractivity contribution in [3.05, 3.63) is 125 Å². The van der Waals surface area contributed by atoms with E-state index in [0.717, 1.165) is 22.5 Å². The number of guanidine groups is 1. The molecule has 192 valence electrons. The van der Waals surface area contributed by atoms with E-state index in [2.05, 4.69) is 10.6 Å². The number of nitrogens with one attached hydrogen (secondary N) is 2. The molecule has 0 radical (unpaired) electrons. The number of carbonyl (C=O) groups is 1. The third-order valence-electron chi connectivity index (χ3n) is 5.49. The van der Waals surface area contributed by atoms with Crippen LogP contribution in [0.25, 0.3) is 6.08 Å². The van der Waals surface area contributed by atoms with Crippen LogP contribution in [0, 0.1) is 0 Å². The van der Waals surface area contributed by atoms with Gasteiger partial charge in [0.15, 0.2) is 5.75 Å². The highest BCUT2D eigenvalue weighted by Crippen LogP contribution is 2.30. The molecule has 38 heavy (non-hydrogen) atoms. The fourth-order valence-corrected chi connectivity index (χ4v) is 3.77. The zero-order chi connectivity index (χ0) is 26.7. The van der Waals surface area contributed by atoms with E-state index < -0.39 is 0 Å². The molecule has 0 saturated carbocycles. The van der Waals surface area contributed by atoms with Gasteiger partial charge < -0.3 is 20.1 Å². The van der Waals surface area contributed by atoms with E-state index in [4.69, 9.17) is 26.1 Å². The molecule has 7 heteroatoms. The molecule has 6 nitrogen and oxygen atoms in total. The summed E-state index contributed by atoms with van der Waals surface area (Å²) in [7, 11) is 1.37. The molecule has 0 aromatic heterocycles. The van der Waals surface area contributed by atoms with Crippen LogP contribution in [-0.4, -0.2) is 19.0 Å². The van der Waals surface area contributed by atoms with E-state index in [0.29, 0.717) is 34.6 Å². The number of hydrogen-bond donors (Lipinski definition) is 2. The number of rotatable bonds is 8. The van der Waals surface area contributed by atoms with E-state index in [1.165, 1.54) is 7.11 Å². The third kappa shape index (κ3) is 7.72. The Morgan fingerprint density at radius 1 is 0.895 bits per heavy atom. The highest BCUT2D eigenvalue weighted by Gasteiger charge is 2.09. The summed E-state index contributed by atoms with van der Waals surface area (Å²) in [6.45, 7) is 2.20. The lowest BCUT2D eigenvalue weighted by molar-refractivity contribution is -0.135. The number of aliphatic imine (C=N–C) groups is 1. The zero-order valence-corrected chi connectivity index (χ0v) is 21.9. The topological polar surface area (TPSA) is 72.0 Å². The van der Waals surface area contributed by atoms with E-state index in [1.54, 1.807) is 13.0 Å². The SMILES string of the molecule is COC(=O)/C(C)=C/c1ccc(Oc2ccccc2NC(=NCc2ccccc2)Nc2cccc(Cl)c2)cc1. The first-order chi connectivity index (χ1) is 18.5. The first-order valence-electron chi connectivity index (χ1n) is 12.0. The summed E-state index contributed by atoms with van der Waals surface area (Å²) in [5.41, 5.74) is 4.01. The molecule has 4 aromatic carbocycles. The number of nitrogens with zero attached hydrogens (tertiary/aromatic N) is 1. The van der Waals surface area contributed by atoms with Crippen LogP contribution in [0.2, 0.25) is 5.02 Å². The summed E-state index contributed by atoms with van der Waals surface area (Å²) in [5, 5.41) is 7.32. The Balaban J connectivity index is 1.54. The van der Waals surface area contributed by atoms with Gasteiger partial charge in [0.1, 0.15) is 5.75 Å². The van der Waals surface area contributed by atoms with Crippen molar-refractivity contribution in [2.75, 3.05) is 17.7 Å². The number of carbonyl (C=O) groups excluding carboxylic acids is 1. The van der Waals surface area contributed by atoms with Crippen LogP contribution in [0.3, 0.4) is 0 Å². The number of ether oxygens (including phenoxy) is 2. The lowest BCUT2D eigenvalue weighted by atomic mass is 10.1. The lowest BCUT2D eigenvalue weighted by Gasteiger charge is -2.16. The smallest absolute Gasteiger partial charge is 0.333 e. The Bertz CT molecular complexity index is 1430. The maximum absolute atomic E-state index is 11.7. The minimum absolute atomic E-state index is 0.360. The molecule has 0 unspecified atom stereocenters. The Kier molecular flexibility index (Phi) is 9.16. The van der Waals surface area contributed by atoms with Gasteiger partial charge in [-0.2, -0.15) is 0 Å². The van der Waals surface area contributed by atoms with Crippen LogP contribution in [0.5, 0.6) is 11.5 Å². The van der Waals surface area contributed by atoms with Crippen molar-refractivity contribution in [3.63, 3.8) is 0 Å². The maximum Gasteiger partial charge on any atom is 0.333 e. The highest BCUT2D eigenvalue weighted by molar-refractivity contribution is 6.31. The van der Waals surface area contributed by atoms with Gasteiger partial charge in [0.2, 0.25) is 5.96 Å². The number of anilines is 2. The first-order valence-corrected chi connectivity index (χ1v) is 12.4. The van der Waals surface area contributed by atoms with E-state index in [1.807, 2.05) is 103 Å². The van der Waals surface area contributed by atoms with Gasteiger partial charge in [-0.15, -0.1) is 0 Å². The monoisotopic (exact) mass is 525 g/mol. The van der Waals surface area contributed by atoms with E-state index in [-0.39, 0.29) is 5.97 Å². The molecule has 0 spiro atoms. The number of halogens is 1. The normalized spacial score (nSPS) is 11.6. The van der Waals surface area contributed by atoms with Crippen LogP contribution in [0.1, 0.15) is 18.1 Å². The summed E-state index contributed by atoms with van der Waals surface area (Å²) in [6.07, 6.45) is 1.77. The molecule has 0 fully saturated rings. The van der Waals surface area contributed by atoms with Gasteiger partial charge in [0.05, 0.1) is 19.3 Å². The summed E-state index contributed by atoms with van der Waals surface area (Å²) >= 11 is 6.19. The Morgan fingerprint density at radius 3 is 2.37 bits per heavy atom. The Hall–Kier alpha value is -4.55. The quantitative estimate of drug-likeness (QED) is 0.106. The molecule has 0 aliphatic heterocycles. The predicted molar refractivity (Wildman–Crippen MR) is 155 cm³/mol. The first kappa shape index (κ1) is 26.5. The van der Waals surface area contributed by atoms with E-state index in [9.17, 15) is 4.79 Å². The molecule has 4 rings (SSSR count). The summed E-state index contributed by atoms with van der Waals surface area (Å²) < 4.78 is 10.9. The minimum Gasteiger partial charge on any atom is -0.466 e. The molecular formula is C31H28ClN3O3. The second-order valence-electron chi connectivity index (χ2n) is 8.40. The van der Waals surface area contributed by atoms with Gasteiger partial charge in [-0.25, -0.2) is 9.79 Å². The van der Waals surface area contributed by atoms with Crippen molar-refractivity contribution in [2.24, 2.45) is 4.99 Å². The molecule has 4 aromatic rings. The van der Waals surface area contributed by atoms with Gasteiger partial charge in [-0.3, -0.25) is 0 Å². The number of benzene rings is 4. The van der Waals surface area contributed by atoms with Gasteiger partial charge in [0.25, 0.3) is 0 Å². The molecular weight excluding hydrogens is 498 g/mol. The second-order valence-corrected chi connectivity index (χ2v) is 8.83. The molecule has 0 aliphatic carbocycles. The van der Waals surface area contributed by atoms with Gasteiger partial charge in [-0.1, -0.05) is 72.3 Å². The highest BCUT2D eigenvalue weighted by atomic mass is 35.5. The van der Waals surface area contributed by atoms with Crippen LogP contribution in [-0.2, 0) is 16.1 Å². The van der Waals surface area contributed by atoms with Crippen molar-refractivity contribution >= 4 is 41.0 Å². The molecule has 0 atom stereocenters. The maximum atomic E-state index is 11.7. The van der Waals surface area contributed by atoms with Crippen LogP contribution in [0.15, 0.2) is 114 Å². The summed E-state index contributed by atoms with van der Waals surface area (Å²) in [5.74, 6) is 1.46. The standard InChI is InChI=1S/C31H28ClN3O3/c1-22(30(36)37-2)19-23-15-17-27(18-16-23)38-29-14-7-6-13-28(29)35-31(33-21-24-9-4-3-5-10-24)34-26-12-8-11-25(32)20-26/h3-20H,21H2,1-2H3,(H2,33,34,35)/b22-19+.